The van der Waals surface area contributed by atoms with Gasteiger partial charge in [0.25, 0.3) is 10.0 Å². The van der Waals surface area contributed by atoms with E-state index in [4.69, 9.17) is 0 Å². The molecule has 96 valence electrons. The molecule has 1 N–H and O–H groups in total. The molecule has 0 saturated carbocycles. The molecule has 0 bridgehead atoms. The summed E-state index contributed by atoms with van der Waals surface area (Å²) < 4.78 is 28.8. The predicted octanol–water partition coefficient (Wildman–Crippen LogP) is 2.29. The minimum absolute atomic E-state index is 0.120. The van der Waals surface area contributed by atoms with Crippen LogP contribution in [-0.4, -0.2) is 18.2 Å². The summed E-state index contributed by atoms with van der Waals surface area (Å²) in [5.74, 6) is 0. The van der Waals surface area contributed by atoms with Crippen molar-refractivity contribution in [3.05, 3.63) is 40.5 Å². The molecule has 0 aliphatic heterocycles. The largest absolute Gasteiger partial charge is 0.279 e. The van der Waals surface area contributed by atoms with E-state index in [2.05, 4.69) is 25.8 Å². The fraction of sp³-hybridized carbons (Fsp3) is 0.182. The van der Waals surface area contributed by atoms with Crippen LogP contribution in [0, 0.1) is 6.92 Å². The van der Waals surface area contributed by atoms with E-state index in [1.54, 1.807) is 13.1 Å². The van der Waals surface area contributed by atoms with Crippen LogP contribution in [0.4, 0.5) is 5.69 Å². The Bertz CT molecular complexity index is 679. The van der Waals surface area contributed by atoms with Crippen molar-refractivity contribution >= 4 is 31.6 Å². The molecule has 7 heteroatoms. The Labute approximate surface area is 114 Å². The van der Waals surface area contributed by atoms with Crippen molar-refractivity contribution in [3.8, 4) is 0 Å². The first-order valence-electron chi connectivity index (χ1n) is 5.17. The summed E-state index contributed by atoms with van der Waals surface area (Å²) in [5, 5.41) is 3.97. The Balaban J connectivity index is 2.37. The molecule has 2 aromatic rings. The lowest BCUT2D eigenvalue weighted by atomic mass is 10.2. The standard InChI is InChI=1S/C11H12BrN3O2S/c1-8-3-4-10(9(12)7-8)14-18(16,17)11-5-6-13-15(11)2/h3-7,14H,1-2H3. The van der Waals surface area contributed by atoms with E-state index in [0.717, 1.165) is 5.56 Å². The van der Waals surface area contributed by atoms with Gasteiger partial charge in [-0.25, -0.2) is 0 Å². The maximum atomic E-state index is 12.1. The zero-order valence-electron chi connectivity index (χ0n) is 9.88. The molecule has 0 aliphatic rings. The lowest BCUT2D eigenvalue weighted by Crippen LogP contribution is -2.16. The van der Waals surface area contributed by atoms with Crippen molar-refractivity contribution in [2.75, 3.05) is 4.72 Å². The third-order valence-corrected chi connectivity index (χ3v) is 4.52. The van der Waals surface area contributed by atoms with Gasteiger partial charge in [0.2, 0.25) is 0 Å². The topological polar surface area (TPSA) is 64.0 Å². The van der Waals surface area contributed by atoms with Gasteiger partial charge < -0.3 is 0 Å². The third-order valence-electron chi connectivity index (χ3n) is 2.42. The van der Waals surface area contributed by atoms with Crippen molar-refractivity contribution in [3.63, 3.8) is 0 Å². The van der Waals surface area contributed by atoms with Gasteiger partial charge in [0, 0.05) is 11.5 Å². The molecule has 0 saturated heterocycles. The van der Waals surface area contributed by atoms with E-state index in [9.17, 15) is 8.42 Å². The van der Waals surface area contributed by atoms with Crippen LogP contribution in [0.15, 0.2) is 40.0 Å². The van der Waals surface area contributed by atoms with Crippen LogP contribution in [0.5, 0.6) is 0 Å². The Hall–Kier alpha value is -1.34. The summed E-state index contributed by atoms with van der Waals surface area (Å²) in [5.41, 5.74) is 1.55. The maximum absolute atomic E-state index is 12.1. The molecule has 0 spiro atoms. The number of hydrogen-bond donors (Lipinski definition) is 1. The first kappa shape index (κ1) is 13.1. The zero-order valence-corrected chi connectivity index (χ0v) is 12.3. The van der Waals surface area contributed by atoms with Gasteiger partial charge in [-0.15, -0.1) is 0 Å². The molecule has 1 aromatic heterocycles. The first-order valence-corrected chi connectivity index (χ1v) is 7.45. The van der Waals surface area contributed by atoms with Gasteiger partial charge in [0.15, 0.2) is 5.03 Å². The second-order valence-corrected chi connectivity index (χ2v) is 6.37. The fourth-order valence-corrected chi connectivity index (χ4v) is 3.46. The molecular formula is C11H12BrN3O2S. The van der Waals surface area contributed by atoms with Crippen molar-refractivity contribution in [2.45, 2.75) is 11.9 Å². The Morgan fingerprint density at radius 3 is 2.61 bits per heavy atom. The van der Waals surface area contributed by atoms with Gasteiger partial charge in [0.05, 0.1) is 11.9 Å². The SMILES string of the molecule is Cc1ccc(NS(=O)(=O)c2ccnn2C)c(Br)c1. The summed E-state index contributed by atoms with van der Waals surface area (Å²) in [6.07, 6.45) is 1.44. The monoisotopic (exact) mass is 329 g/mol. The number of halogens is 1. The number of aryl methyl sites for hydroxylation is 2. The molecular weight excluding hydrogens is 318 g/mol. The van der Waals surface area contributed by atoms with Gasteiger partial charge in [0.1, 0.15) is 0 Å². The van der Waals surface area contributed by atoms with Crippen LogP contribution < -0.4 is 4.72 Å². The number of benzene rings is 1. The molecule has 18 heavy (non-hydrogen) atoms. The number of sulfonamides is 1. The second-order valence-electron chi connectivity index (χ2n) is 3.88. The highest BCUT2D eigenvalue weighted by Gasteiger charge is 2.18. The summed E-state index contributed by atoms with van der Waals surface area (Å²) in [4.78, 5) is 0. The van der Waals surface area contributed by atoms with E-state index in [1.807, 2.05) is 19.1 Å². The molecule has 2 rings (SSSR count). The Morgan fingerprint density at radius 2 is 2.06 bits per heavy atom. The van der Waals surface area contributed by atoms with Crippen LogP contribution in [0.2, 0.25) is 0 Å². The number of nitrogens with one attached hydrogen (secondary N) is 1. The average molecular weight is 330 g/mol. The summed E-state index contributed by atoms with van der Waals surface area (Å²) >= 11 is 3.33. The minimum atomic E-state index is -3.62. The molecule has 0 unspecified atom stereocenters. The molecule has 1 aromatic carbocycles. The van der Waals surface area contributed by atoms with Crippen molar-refractivity contribution in [1.29, 1.82) is 0 Å². The maximum Gasteiger partial charge on any atom is 0.279 e. The highest BCUT2D eigenvalue weighted by atomic mass is 79.9. The molecule has 5 nitrogen and oxygen atoms in total. The summed E-state index contributed by atoms with van der Waals surface area (Å²) in [7, 11) is -2.03. The van der Waals surface area contributed by atoms with Gasteiger partial charge in [-0.2, -0.15) is 13.5 Å². The van der Waals surface area contributed by atoms with Crippen molar-refractivity contribution < 1.29 is 8.42 Å². The minimum Gasteiger partial charge on any atom is -0.277 e. The number of anilines is 1. The highest BCUT2D eigenvalue weighted by Crippen LogP contribution is 2.25. The molecule has 0 fully saturated rings. The van der Waals surface area contributed by atoms with Crippen molar-refractivity contribution in [1.82, 2.24) is 9.78 Å². The lowest BCUT2D eigenvalue weighted by Gasteiger charge is -2.10. The number of hydrogen-bond acceptors (Lipinski definition) is 3. The molecule has 1 heterocycles. The fourth-order valence-electron chi connectivity index (χ4n) is 1.53. The average Bonchev–Trinajstić information content (AvgIpc) is 2.69. The van der Waals surface area contributed by atoms with E-state index in [-0.39, 0.29) is 5.03 Å². The van der Waals surface area contributed by atoms with Gasteiger partial charge in [-0.05, 0) is 46.6 Å². The van der Waals surface area contributed by atoms with E-state index in [0.29, 0.717) is 10.2 Å². The van der Waals surface area contributed by atoms with Crippen LogP contribution in [-0.2, 0) is 17.1 Å². The van der Waals surface area contributed by atoms with Crippen LogP contribution in [0.1, 0.15) is 5.56 Å². The van der Waals surface area contributed by atoms with Gasteiger partial charge in [-0.3, -0.25) is 9.40 Å². The zero-order chi connectivity index (χ0) is 13.3. The summed E-state index contributed by atoms with van der Waals surface area (Å²) in [6.45, 7) is 1.93. The van der Waals surface area contributed by atoms with E-state index in [1.165, 1.54) is 16.9 Å². The lowest BCUT2D eigenvalue weighted by molar-refractivity contribution is 0.582. The number of aromatic nitrogens is 2. The Morgan fingerprint density at radius 1 is 1.33 bits per heavy atom. The first-order chi connectivity index (χ1) is 8.40. The normalized spacial score (nSPS) is 11.5. The van der Waals surface area contributed by atoms with Crippen molar-refractivity contribution in [2.24, 2.45) is 7.05 Å². The molecule has 0 atom stereocenters. The third kappa shape index (κ3) is 2.56. The van der Waals surface area contributed by atoms with Crippen LogP contribution >= 0.6 is 15.9 Å². The van der Waals surface area contributed by atoms with Gasteiger partial charge >= 0.3 is 0 Å². The van der Waals surface area contributed by atoms with E-state index >= 15 is 0 Å². The number of rotatable bonds is 3. The summed E-state index contributed by atoms with van der Waals surface area (Å²) in [6, 6.07) is 6.85. The smallest absolute Gasteiger partial charge is 0.277 e. The van der Waals surface area contributed by atoms with Gasteiger partial charge in [-0.1, -0.05) is 6.07 Å². The van der Waals surface area contributed by atoms with Crippen LogP contribution in [0.3, 0.4) is 0 Å². The quantitative estimate of drug-likeness (QED) is 0.939. The number of nitrogens with zero attached hydrogens (tertiary/aromatic N) is 2. The molecule has 0 radical (unpaired) electrons. The van der Waals surface area contributed by atoms with E-state index < -0.39 is 10.0 Å². The molecule has 0 aliphatic carbocycles. The predicted molar refractivity (Wildman–Crippen MR) is 72.9 cm³/mol. The highest BCUT2D eigenvalue weighted by molar-refractivity contribution is 9.10. The van der Waals surface area contributed by atoms with Crippen LogP contribution in [0.25, 0.3) is 0 Å². The Kier molecular flexibility index (Phi) is 3.45. The molecule has 0 amide bonds. The second kappa shape index (κ2) is 4.74.